The molecule has 39 heavy (non-hydrogen) atoms. The molecule has 0 saturated heterocycles. The van der Waals surface area contributed by atoms with Crippen molar-refractivity contribution in [3.05, 3.63) is 0 Å². The highest BCUT2D eigenvalue weighted by Crippen LogP contribution is 2.13. The predicted octanol–water partition coefficient (Wildman–Crippen LogP) is 9.99. The average Bonchev–Trinajstić information content (AvgIpc) is 2.95. The second kappa shape index (κ2) is 37.8. The van der Waals surface area contributed by atoms with Crippen molar-refractivity contribution in [1.29, 1.82) is 0 Å². The zero-order chi connectivity index (χ0) is 28.2. The molecule has 0 fully saturated rings. The van der Waals surface area contributed by atoms with Crippen LogP contribution in [0.1, 0.15) is 174 Å². The van der Waals surface area contributed by atoms with Gasteiger partial charge in [-0.2, -0.15) is 0 Å². The molecule has 0 aromatic heterocycles. The molecule has 0 unspecified atom stereocenters. The Hall–Kier alpha value is -0.160. The smallest absolute Gasteiger partial charge is 0.0465 e. The van der Waals surface area contributed by atoms with Crippen molar-refractivity contribution >= 4 is 0 Å². The van der Waals surface area contributed by atoms with E-state index in [4.69, 9.17) is 9.47 Å². The van der Waals surface area contributed by atoms with E-state index >= 15 is 0 Å². The lowest BCUT2D eigenvalue weighted by molar-refractivity contribution is 0.142. The molecule has 0 atom stereocenters. The quantitative estimate of drug-likeness (QED) is 0.0756. The van der Waals surface area contributed by atoms with Crippen molar-refractivity contribution in [3.8, 4) is 0 Å². The molecule has 0 aromatic carbocycles. The fraction of sp³-hybridized carbons (Fsp3) is 1.00. The van der Waals surface area contributed by atoms with Gasteiger partial charge in [-0.3, -0.25) is 0 Å². The summed E-state index contributed by atoms with van der Waals surface area (Å²) in [6.45, 7) is 12.6. The SMILES string of the molecule is CCOCCCCCCCCCCCCCCNCCCNCCCCCCCCCCCCCCOCC. The highest BCUT2D eigenvalue weighted by Gasteiger charge is 1.96. The molecule has 0 aliphatic rings. The Kier molecular flexibility index (Phi) is 37.7. The lowest BCUT2D eigenvalue weighted by atomic mass is 10.1. The summed E-state index contributed by atoms with van der Waals surface area (Å²) in [6, 6.07) is 0. The van der Waals surface area contributed by atoms with E-state index in [0.717, 1.165) is 26.4 Å². The number of nitrogens with one attached hydrogen (secondary N) is 2. The van der Waals surface area contributed by atoms with E-state index in [1.165, 1.54) is 187 Å². The van der Waals surface area contributed by atoms with Crippen LogP contribution in [0, 0.1) is 0 Å². The Bertz CT molecular complexity index is 372. The maximum absolute atomic E-state index is 5.39. The third-order valence-corrected chi connectivity index (χ3v) is 7.90. The number of ether oxygens (including phenoxy) is 2. The monoisotopic (exact) mass is 555 g/mol. The van der Waals surface area contributed by atoms with E-state index in [1.54, 1.807) is 0 Å². The Balaban J connectivity index is 3.01. The van der Waals surface area contributed by atoms with Gasteiger partial charge in [-0.1, -0.05) is 128 Å². The maximum atomic E-state index is 5.39. The highest BCUT2D eigenvalue weighted by molar-refractivity contribution is 4.55. The molecule has 0 bridgehead atoms. The molecule has 0 spiro atoms. The van der Waals surface area contributed by atoms with Crippen molar-refractivity contribution in [2.45, 2.75) is 174 Å². The molecule has 0 saturated carbocycles. The van der Waals surface area contributed by atoms with Gasteiger partial charge < -0.3 is 20.1 Å². The molecule has 0 aliphatic carbocycles. The minimum Gasteiger partial charge on any atom is -0.382 e. The number of rotatable bonds is 36. The van der Waals surface area contributed by atoms with Crippen molar-refractivity contribution in [1.82, 2.24) is 10.6 Å². The minimum absolute atomic E-state index is 0.867. The van der Waals surface area contributed by atoms with E-state index in [9.17, 15) is 0 Å². The van der Waals surface area contributed by atoms with E-state index in [2.05, 4.69) is 24.5 Å². The molecule has 0 radical (unpaired) electrons. The van der Waals surface area contributed by atoms with Crippen LogP contribution in [0.3, 0.4) is 0 Å². The van der Waals surface area contributed by atoms with Crippen LogP contribution in [-0.2, 0) is 9.47 Å². The lowest BCUT2D eigenvalue weighted by Gasteiger charge is -2.07. The number of hydrogen-bond acceptors (Lipinski definition) is 4. The Labute approximate surface area is 246 Å². The maximum Gasteiger partial charge on any atom is 0.0465 e. The van der Waals surface area contributed by atoms with Crippen LogP contribution in [0.4, 0.5) is 0 Å². The molecule has 0 aromatic rings. The summed E-state index contributed by atoms with van der Waals surface area (Å²) in [5.74, 6) is 0. The van der Waals surface area contributed by atoms with E-state index in [1.807, 2.05) is 0 Å². The minimum atomic E-state index is 0.867. The van der Waals surface area contributed by atoms with Gasteiger partial charge in [0.2, 0.25) is 0 Å². The second-order valence-corrected chi connectivity index (χ2v) is 11.7. The van der Waals surface area contributed by atoms with Crippen LogP contribution in [0.5, 0.6) is 0 Å². The fourth-order valence-corrected chi connectivity index (χ4v) is 5.32. The van der Waals surface area contributed by atoms with Crippen LogP contribution < -0.4 is 10.6 Å². The molecule has 0 rings (SSSR count). The Morgan fingerprint density at radius 1 is 0.282 bits per heavy atom. The fourth-order valence-electron chi connectivity index (χ4n) is 5.32. The molecular weight excluding hydrogens is 480 g/mol. The average molecular weight is 555 g/mol. The summed E-state index contributed by atoms with van der Waals surface area (Å²) in [5.41, 5.74) is 0. The normalized spacial score (nSPS) is 11.5. The van der Waals surface area contributed by atoms with Gasteiger partial charge in [0.25, 0.3) is 0 Å². The van der Waals surface area contributed by atoms with E-state index < -0.39 is 0 Å². The van der Waals surface area contributed by atoms with Crippen molar-refractivity contribution < 1.29 is 9.47 Å². The van der Waals surface area contributed by atoms with Gasteiger partial charge in [0.05, 0.1) is 0 Å². The van der Waals surface area contributed by atoms with Gasteiger partial charge in [0.15, 0.2) is 0 Å². The molecular formula is C35H74N2O2. The van der Waals surface area contributed by atoms with Gasteiger partial charge in [-0.05, 0) is 72.1 Å². The Morgan fingerprint density at radius 3 is 0.795 bits per heavy atom. The van der Waals surface area contributed by atoms with Gasteiger partial charge in [0, 0.05) is 26.4 Å². The first-order valence-corrected chi connectivity index (χ1v) is 18.0. The van der Waals surface area contributed by atoms with Crippen LogP contribution in [0.15, 0.2) is 0 Å². The first-order valence-electron chi connectivity index (χ1n) is 18.0. The largest absolute Gasteiger partial charge is 0.382 e. The zero-order valence-corrected chi connectivity index (χ0v) is 27.2. The summed E-state index contributed by atoms with van der Waals surface area (Å²) in [6.07, 6.45) is 34.9. The van der Waals surface area contributed by atoms with Gasteiger partial charge in [-0.15, -0.1) is 0 Å². The van der Waals surface area contributed by atoms with Gasteiger partial charge in [-0.25, -0.2) is 0 Å². The molecule has 4 nitrogen and oxygen atoms in total. The third kappa shape index (κ3) is 37.8. The van der Waals surface area contributed by atoms with Gasteiger partial charge >= 0.3 is 0 Å². The zero-order valence-electron chi connectivity index (χ0n) is 27.2. The summed E-state index contributed by atoms with van der Waals surface area (Å²) < 4.78 is 10.8. The number of hydrogen-bond donors (Lipinski definition) is 2. The second-order valence-electron chi connectivity index (χ2n) is 11.7. The summed E-state index contributed by atoms with van der Waals surface area (Å²) >= 11 is 0. The van der Waals surface area contributed by atoms with E-state index in [0.29, 0.717) is 0 Å². The van der Waals surface area contributed by atoms with Crippen LogP contribution >= 0.6 is 0 Å². The van der Waals surface area contributed by atoms with Crippen molar-refractivity contribution in [2.24, 2.45) is 0 Å². The first kappa shape index (κ1) is 38.8. The lowest BCUT2D eigenvalue weighted by Crippen LogP contribution is -2.23. The van der Waals surface area contributed by atoms with Crippen LogP contribution in [0.2, 0.25) is 0 Å². The topological polar surface area (TPSA) is 42.5 Å². The van der Waals surface area contributed by atoms with Crippen LogP contribution in [0.25, 0.3) is 0 Å². The highest BCUT2D eigenvalue weighted by atomic mass is 16.5. The van der Waals surface area contributed by atoms with Crippen molar-refractivity contribution in [3.63, 3.8) is 0 Å². The number of unbranched alkanes of at least 4 members (excludes halogenated alkanes) is 22. The third-order valence-electron chi connectivity index (χ3n) is 7.90. The molecule has 4 heteroatoms. The molecule has 0 heterocycles. The predicted molar refractivity (Wildman–Crippen MR) is 174 cm³/mol. The molecule has 0 aliphatic heterocycles. The van der Waals surface area contributed by atoms with Crippen LogP contribution in [-0.4, -0.2) is 52.6 Å². The standard InChI is InChI=1S/C35H74N2O2/c1-3-38-34-27-23-19-15-11-7-5-9-13-17-21-25-30-36-32-29-33-37-31-26-22-18-14-10-6-8-12-16-20-24-28-35-39-4-2/h36-37H,3-35H2,1-2H3. The summed E-state index contributed by atoms with van der Waals surface area (Å²) in [7, 11) is 0. The summed E-state index contributed by atoms with van der Waals surface area (Å²) in [5, 5.41) is 7.27. The molecule has 2 N–H and O–H groups in total. The molecule has 236 valence electrons. The van der Waals surface area contributed by atoms with Gasteiger partial charge in [0.1, 0.15) is 0 Å². The summed E-state index contributed by atoms with van der Waals surface area (Å²) in [4.78, 5) is 0. The van der Waals surface area contributed by atoms with E-state index in [-0.39, 0.29) is 0 Å². The first-order chi connectivity index (χ1) is 19.4. The van der Waals surface area contributed by atoms with Crippen molar-refractivity contribution in [2.75, 3.05) is 52.6 Å². The molecule has 0 amide bonds. The Morgan fingerprint density at radius 2 is 0.513 bits per heavy atom.